The van der Waals surface area contributed by atoms with Crippen molar-refractivity contribution >= 4 is 18.4 Å². The number of unbranched alkanes of at least 4 members (excludes halogenated alkanes) is 1. The van der Waals surface area contributed by atoms with Crippen LogP contribution in [0.1, 0.15) is 45.1 Å². The third-order valence-electron chi connectivity index (χ3n) is 5.10. The summed E-state index contributed by atoms with van der Waals surface area (Å²) in [6.45, 7) is 10.5. The number of nitrogens with zero attached hydrogens (tertiary/aromatic N) is 1. The van der Waals surface area contributed by atoms with Gasteiger partial charge in [0.25, 0.3) is 0 Å². The summed E-state index contributed by atoms with van der Waals surface area (Å²) in [7, 11) is 0. The first-order chi connectivity index (χ1) is 14.1. The Labute approximate surface area is 187 Å². The summed E-state index contributed by atoms with van der Waals surface area (Å²) in [4.78, 5) is 14.3. The van der Waals surface area contributed by atoms with Crippen LogP contribution in [-0.4, -0.2) is 56.9 Å². The second kappa shape index (κ2) is 15.5. The van der Waals surface area contributed by atoms with E-state index in [1.54, 1.807) is 0 Å². The minimum absolute atomic E-state index is 0. The Balaban J connectivity index is 0.00000450. The summed E-state index contributed by atoms with van der Waals surface area (Å²) in [5.41, 5.74) is 7.03. The second-order valence-electron chi connectivity index (χ2n) is 8.24. The summed E-state index contributed by atoms with van der Waals surface area (Å²) < 4.78 is 16.5. The maximum Gasteiger partial charge on any atom is 0.306 e. The molecule has 0 spiro atoms. The van der Waals surface area contributed by atoms with Crippen molar-refractivity contribution in [1.82, 2.24) is 4.90 Å². The van der Waals surface area contributed by atoms with Crippen LogP contribution in [0.25, 0.3) is 0 Å². The molecule has 0 saturated carbocycles. The topological polar surface area (TPSA) is 74.0 Å². The van der Waals surface area contributed by atoms with E-state index < -0.39 is 0 Å². The molecule has 0 radical (unpaired) electrons. The Kier molecular flexibility index (Phi) is 13.8. The molecule has 0 aliphatic carbocycles. The molecule has 1 aromatic carbocycles. The van der Waals surface area contributed by atoms with Crippen LogP contribution >= 0.6 is 12.4 Å². The standard InChI is InChI=1S/C23H38N2O4.ClH/c1-19(2)15-21(17-24)16-23(26)29-12-4-3-11-28-22-7-5-20(6-8-22)18-25-9-13-27-14-10-25;/h5-8,19,21H,3-4,9-18,24H2,1-2H3;1H. The second-order valence-corrected chi connectivity index (χ2v) is 8.24. The summed E-state index contributed by atoms with van der Waals surface area (Å²) in [5, 5.41) is 0. The van der Waals surface area contributed by atoms with E-state index in [2.05, 4.69) is 30.9 Å². The van der Waals surface area contributed by atoms with E-state index in [4.69, 9.17) is 19.9 Å². The van der Waals surface area contributed by atoms with Gasteiger partial charge in [-0.05, 0) is 55.3 Å². The molecular weight excluding hydrogens is 404 g/mol. The van der Waals surface area contributed by atoms with Gasteiger partial charge in [0.15, 0.2) is 0 Å². The number of hydrogen-bond acceptors (Lipinski definition) is 6. The molecule has 1 fully saturated rings. The van der Waals surface area contributed by atoms with Crippen molar-refractivity contribution in [1.29, 1.82) is 0 Å². The molecule has 2 N–H and O–H groups in total. The number of carbonyl (C=O) groups is 1. The van der Waals surface area contributed by atoms with Crippen LogP contribution in [0.4, 0.5) is 0 Å². The van der Waals surface area contributed by atoms with Gasteiger partial charge in [-0.25, -0.2) is 0 Å². The van der Waals surface area contributed by atoms with E-state index in [1.165, 1.54) is 5.56 Å². The summed E-state index contributed by atoms with van der Waals surface area (Å²) in [6.07, 6.45) is 3.04. The molecule has 7 heteroatoms. The maximum atomic E-state index is 11.9. The molecular formula is C23H39ClN2O4. The number of ether oxygens (including phenoxy) is 3. The first-order valence-electron chi connectivity index (χ1n) is 10.9. The fraction of sp³-hybridized carbons (Fsp3) is 0.696. The molecule has 0 aromatic heterocycles. The van der Waals surface area contributed by atoms with Crippen molar-refractivity contribution in [3.63, 3.8) is 0 Å². The molecule has 172 valence electrons. The number of esters is 1. The maximum absolute atomic E-state index is 11.9. The normalized spacial score (nSPS) is 15.5. The summed E-state index contributed by atoms with van der Waals surface area (Å²) in [6, 6.07) is 8.30. The smallest absolute Gasteiger partial charge is 0.306 e. The van der Waals surface area contributed by atoms with Gasteiger partial charge in [0.2, 0.25) is 0 Å². The molecule has 6 nitrogen and oxygen atoms in total. The van der Waals surface area contributed by atoms with E-state index in [0.29, 0.717) is 32.1 Å². The zero-order chi connectivity index (χ0) is 20.9. The quantitative estimate of drug-likeness (QED) is 0.371. The minimum Gasteiger partial charge on any atom is -0.494 e. The largest absolute Gasteiger partial charge is 0.494 e. The third-order valence-corrected chi connectivity index (χ3v) is 5.10. The predicted octanol–water partition coefficient (Wildman–Crippen LogP) is 3.65. The predicted molar refractivity (Wildman–Crippen MR) is 122 cm³/mol. The molecule has 30 heavy (non-hydrogen) atoms. The zero-order valence-corrected chi connectivity index (χ0v) is 19.3. The summed E-state index contributed by atoms with van der Waals surface area (Å²) >= 11 is 0. The van der Waals surface area contributed by atoms with Gasteiger partial charge >= 0.3 is 5.97 Å². The van der Waals surface area contributed by atoms with E-state index in [0.717, 1.165) is 57.9 Å². The lowest BCUT2D eigenvalue weighted by Crippen LogP contribution is -2.35. The van der Waals surface area contributed by atoms with Gasteiger partial charge in [-0.15, -0.1) is 12.4 Å². The number of nitrogens with two attached hydrogens (primary N) is 1. The number of carbonyl (C=O) groups excluding carboxylic acids is 1. The number of hydrogen-bond donors (Lipinski definition) is 1. The zero-order valence-electron chi connectivity index (χ0n) is 18.5. The van der Waals surface area contributed by atoms with Crippen LogP contribution < -0.4 is 10.5 Å². The fourth-order valence-corrected chi connectivity index (χ4v) is 3.51. The van der Waals surface area contributed by atoms with Crippen LogP contribution in [0.15, 0.2) is 24.3 Å². The van der Waals surface area contributed by atoms with E-state index in [9.17, 15) is 4.79 Å². The molecule has 1 unspecified atom stereocenters. The fourth-order valence-electron chi connectivity index (χ4n) is 3.51. The number of rotatable bonds is 13. The average Bonchev–Trinajstić information content (AvgIpc) is 2.71. The molecule has 1 aliphatic heterocycles. The highest BCUT2D eigenvalue weighted by atomic mass is 35.5. The van der Waals surface area contributed by atoms with Crippen LogP contribution in [0.3, 0.4) is 0 Å². The number of morpholine rings is 1. The molecule has 0 amide bonds. The van der Waals surface area contributed by atoms with E-state index in [-0.39, 0.29) is 24.3 Å². The van der Waals surface area contributed by atoms with Crippen molar-refractivity contribution in [2.24, 2.45) is 17.6 Å². The average molecular weight is 443 g/mol. The van der Waals surface area contributed by atoms with Gasteiger partial charge in [-0.2, -0.15) is 0 Å². The van der Waals surface area contributed by atoms with Gasteiger partial charge in [0.1, 0.15) is 5.75 Å². The Bertz CT molecular complexity index is 577. The Morgan fingerprint density at radius 2 is 1.80 bits per heavy atom. The lowest BCUT2D eigenvalue weighted by Gasteiger charge is -2.26. The lowest BCUT2D eigenvalue weighted by atomic mass is 9.94. The molecule has 2 rings (SSSR count). The Hall–Kier alpha value is -1.34. The first kappa shape index (κ1) is 26.7. The first-order valence-corrected chi connectivity index (χ1v) is 10.9. The Morgan fingerprint density at radius 3 is 2.43 bits per heavy atom. The number of benzene rings is 1. The highest BCUT2D eigenvalue weighted by molar-refractivity contribution is 5.85. The van der Waals surface area contributed by atoms with Crippen molar-refractivity contribution in [3.8, 4) is 5.75 Å². The van der Waals surface area contributed by atoms with Gasteiger partial charge in [-0.1, -0.05) is 26.0 Å². The lowest BCUT2D eigenvalue weighted by molar-refractivity contribution is -0.145. The van der Waals surface area contributed by atoms with Gasteiger partial charge in [0, 0.05) is 26.1 Å². The van der Waals surface area contributed by atoms with Gasteiger partial charge < -0.3 is 19.9 Å². The third kappa shape index (κ3) is 11.2. The van der Waals surface area contributed by atoms with E-state index >= 15 is 0 Å². The van der Waals surface area contributed by atoms with Crippen LogP contribution in [0, 0.1) is 11.8 Å². The molecule has 1 aliphatic rings. The van der Waals surface area contributed by atoms with Crippen LogP contribution in [-0.2, 0) is 20.8 Å². The van der Waals surface area contributed by atoms with Crippen molar-refractivity contribution in [2.45, 2.75) is 46.1 Å². The van der Waals surface area contributed by atoms with Crippen LogP contribution in [0.2, 0.25) is 0 Å². The molecule has 1 atom stereocenters. The number of halogens is 1. The summed E-state index contributed by atoms with van der Waals surface area (Å²) in [5.74, 6) is 1.50. The van der Waals surface area contributed by atoms with Gasteiger partial charge in [-0.3, -0.25) is 9.69 Å². The molecule has 1 aromatic rings. The highest BCUT2D eigenvalue weighted by Crippen LogP contribution is 2.16. The molecule has 0 bridgehead atoms. The van der Waals surface area contributed by atoms with Crippen molar-refractivity contribution in [2.75, 3.05) is 46.1 Å². The SMILES string of the molecule is CC(C)CC(CN)CC(=O)OCCCCOc1ccc(CN2CCOCC2)cc1.Cl. The van der Waals surface area contributed by atoms with Crippen molar-refractivity contribution in [3.05, 3.63) is 29.8 Å². The van der Waals surface area contributed by atoms with E-state index in [1.807, 2.05) is 12.1 Å². The molecule has 1 saturated heterocycles. The minimum atomic E-state index is -0.141. The Morgan fingerprint density at radius 1 is 1.13 bits per heavy atom. The highest BCUT2D eigenvalue weighted by Gasteiger charge is 2.15. The molecule has 1 heterocycles. The van der Waals surface area contributed by atoms with Crippen molar-refractivity contribution < 1.29 is 19.0 Å². The van der Waals surface area contributed by atoms with Crippen LogP contribution in [0.5, 0.6) is 5.75 Å². The monoisotopic (exact) mass is 442 g/mol. The van der Waals surface area contributed by atoms with Gasteiger partial charge in [0.05, 0.1) is 26.4 Å².